The maximum Gasteiger partial charge on any atom is 0.515 e. The van der Waals surface area contributed by atoms with E-state index in [0.717, 1.165) is 22.4 Å². The molecule has 1 unspecified atom stereocenters. The van der Waals surface area contributed by atoms with Gasteiger partial charge in [-0.2, -0.15) is 0 Å². The van der Waals surface area contributed by atoms with Gasteiger partial charge in [0.2, 0.25) is 0 Å². The lowest BCUT2D eigenvalue weighted by molar-refractivity contribution is 0.377. The van der Waals surface area contributed by atoms with E-state index in [1.54, 1.807) is 0 Å². The largest absolute Gasteiger partial charge is 0.515 e. The molecule has 5 aromatic carbocycles. The van der Waals surface area contributed by atoms with Crippen LogP contribution in [0.25, 0.3) is 0 Å². The van der Waals surface area contributed by atoms with Crippen molar-refractivity contribution in [3.63, 3.8) is 0 Å². The summed E-state index contributed by atoms with van der Waals surface area (Å²) in [7, 11) is -2.55. The lowest BCUT2D eigenvalue weighted by Crippen LogP contribution is -2.41. The molecule has 230 valence electrons. The van der Waals surface area contributed by atoms with Gasteiger partial charge in [0.15, 0.2) is 43.3 Å². The molecule has 0 aliphatic rings. The van der Waals surface area contributed by atoms with Gasteiger partial charge in [-0.25, -0.2) is 22.0 Å². The Kier molecular flexibility index (Phi) is 10.6. The molecular weight excluding hydrogens is 619 g/mol. The van der Waals surface area contributed by atoms with Crippen molar-refractivity contribution >= 4 is 22.4 Å². The van der Waals surface area contributed by atoms with E-state index in [1.807, 2.05) is 66.7 Å². The van der Waals surface area contributed by atoms with E-state index in [4.69, 9.17) is 0 Å². The molecule has 0 fully saturated rings. The van der Waals surface area contributed by atoms with Crippen molar-refractivity contribution < 1.29 is 39.1 Å². The Morgan fingerprint density at radius 1 is 0.533 bits per heavy atom. The molecule has 0 amide bonds. The van der Waals surface area contributed by atoms with Crippen molar-refractivity contribution in [2.45, 2.75) is 17.1 Å². The Morgan fingerprint density at radius 2 is 0.956 bits per heavy atom. The second kappa shape index (κ2) is 14.4. The standard InChI is InChI=1S/C28H23OS.C6BF8/c29-30(28-14-8-3-9-15-28,21-20-24-10-4-1-5-11-24)23-27-18-16-26(17-19-27)22-25-12-6-2-7-13-25;8-2-1(7(13,14)15)3(9)5(11)6(12)4(2)10/h1-19H,22-23H2;/q+1;-1. The zero-order chi connectivity index (χ0) is 32.6. The third-order valence-corrected chi connectivity index (χ3v) is 8.68. The summed E-state index contributed by atoms with van der Waals surface area (Å²) in [5.74, 6) is -10.0. The summed E-state index contributed by atoms with van der Waals surface area (Å²) in [6, 6.07) is 38.1. The van der Waals surface area contributed by atoms with Gasteiger partial charge in [0.25, 0.3) is 0 Å². The number of benzene rings is 5. The van der Waals surface area contributed by atoms with Crippen LogP contribution in [0.3, 0.4) is 0 Å². The third-order valence-electron chi connectivity index (χ3n) is 6.47. The van der Waals surface area contributed by atoms with Crippen LogP contribution in [-0.4, -0.2) is 6.98 Å². The molecule has 0 radical (unpaired) electrons. The average Bonchev–Trinajstić information content (AvgIpc) is 3.04. The first-order chi connectivity index (χ1) is 21.4. The Balaban J connectivity index is 0.000000259. The monoisotopic (exact) mass is 642 g/mol. The van der Waals surface area contributed by atoms with Crippen molar-refractivity contribution in [3.05, 3.63) is 167 Å². The van der Waals surface area contributed by atoms with E-state index in [2.05, 4.69) is 59.7 Å². The van der Waals surface area contributed by atoms with Gasteiger partial charge in [0, 0.05) is 11.1 Å². The highest BCUT2D eigenvalue weighted by atomic mass is 32.2. The predicted molar refractivity (Wildman–Crippen MR) is 160 cm³/mol. The minimum atomic E-state index is -6.30. The molecule has 0 bridgehead atoms. The average molecular weight is 642 g/mol. The van der Waals surface area contributed by atoms with Gasteiger partial charge in [-0.3, -0.25) is 0 Å². The minimum Gasteiger partial charge on any atom is -0.445 e. The van der Waals surface area contributed by atoms with Crippen molar-refractivity contribution in [1.82, 2.24) is 0 Å². The Bertz CT molecular complexity index is 1820. The molecule has 0 saturated heterocycles. The zero-order valence-electron chi connectivity index (χ0n) is 23.3. The lowest BCUT2D eigenvalue weighted by Gasteiger charge is -2.17. The summed E-state index contributed by atoms with van der Waals surface area (Å²) in [6.45, 7) is -6.30. The Morgan fingerprint density at radius 3 is 1.47 bits per heavy atom. The summed E-state index contributed by atoms with van der Waals surface area (Å²) in [4.78, 5) is 0.779. The molecule has 0 aliphatic carbocycles. The fraction of sp³-hybridized carbons (Fsp3) is 0.0588. The molecule has 0 heterocycles. The van der Waals surface area contributed by atoms with Crippen LogP contribution < -0.4 is 5.46 Å². The second-order valence-electron chi connectivity index (χ2n) is 9.76. The molecule has 11 heteroatoms. The molecule has 0 aliphatic heterocycles. The third kappa shape index (κ3) is 8.49. The molecule has 1 nitrogen and oxygen atoms in total. The lowest BCUT2D eigenvalue weighted by atomic mass is 9.79. The summed E-state index contributed by atoms with van der Waals surface area (Å²) in [5, 5.41) is 3.11. The SMILES string of the molecule is Fc1c(F)c(F)c([B-](F)(F)F)c(F)c1F.O=[S+](C#Cc1ccccc1)(Cc1ccc(Cc2ccccc2)cc1)c1ccccc1. The van der Waals surface area contributed by atoms with E-state index in [-0.39, 0.29) is 0 Å². The summed E-state index contributed by atoms with van der Waals surface area (Å²) < 4.78 is 112. The molecular formula is C34H23BF8OS. The molecule has 5 rings (SSSR count). The Labute approximate surface area is 256 Å². The van der Waals surface area contributed by atoms with Crippen LogP contribution in [0.15, 0.2) is 120 Å². The number of hydrogen-bond donors (Lipinski definition) is 0. The zero-order valence-corrected chi connectivity index (χ0v) is 24.1. The number of rotatable bonds is 6. The highest BCUT2D eigenvalue weighted by Gasteiger charge is 2.38. The van der Waals surface area contributed by atoms with Gasteiger partial charge >= 0.3 is 6.98 Å². The number of hydrogen-bond acceptors (Lipinski definition) is 1. The first-order valence-corrected chi connectivity index (χ1v) is 15.1. The van der Waals surface area contributed by atoms with E-state index in [0.29, 0.717) is 5.75 Å². The minimum absolute atomic E-state index is 0.405. The van der Waals surface area contributed by atoms with E-state index < -0.39 is 51.5 Å². The second-order valence-corrected chi connectivity index (χ2v) is 12.1. The smallest absolute Gasteiger partial charge is 0.445 e. The molecule has 5 aromatic rings. The fourth-order valence-electron chi connectivity index (χ4n) is 4.21. The highest BCUT2D eigenvalue weighted by molar-refractivity contribution is 8.06. The summed E-state index contributed by atoms with van der Waals surface area (Å²) >= 11 is 0. The summed E-state index contributed by atoms with van der Waals surface area (Å²) in [6.07, 6.45) is 0.892. The maximum atomic E-state index is 13.9. The van der Waals surface area contributed by atoms with E-state index in [9.17, 15) is 39.1 Å². The molecule has 0 aromatic heterocycles. The Hall–Kier alpha value is -4.69. The van der Waals surface area contributed by atoms with Crippen LogP contribution in [0, 0.1) is 40.3 Å². The number of halogens is 8. The van der Waals surface area contributed by atoms with Crippen LogP contribution in [0.5, 0.6) is 0 Å². The van der Waals surface area contributed by atoms with Gasteiger partial charge in [0.1, 0.15) is 11.6 Å². The van der Waals surface area contributed by atoms with Crippen molar-refractivity contribution in [2.75, 3.05) is 0 Å². The highest BCUT2D eigenvalue weighted by Crippen LogP contribution is 2.25. The van der Waals surface area contributed by atoms with Crippen molar-refractivity contribution in [3.8, 4) is 11.2 Å². The predicted octanol–water partition coefficient (Wildman–Crippen LogP) is 8.78. The van der Waals surface area contributed by atoms with Gasteiger partial charge in [-0.15, -0.1) is 0 Å². The molecule has 45 heavy (non-hydrogen) atoms. The van der Waals surface area contributed by atoms with Gasteiger partial charge in [0.05, 0.1) is 0 Å². The molecule has 0 N–H and O–H groups in total. The fourth-order valence-corrected chi connectivity index (χ4v) is 6.11. The van der Waals surface area contributed by atoms with E-state index >= 15 is 0 Å². The van der Waals surface area contributed by atoms with Gasteiger partial charge in [-0.1, -0.05) is 95.2 Å². The first-order valence-electron chi connectivity index (χ1n) is 13.4. The maximum absolute atomic E-state index is 13.9. The quantitative estimate of drug-likeness (QED) is 0.0452. The van der Waals surface area contributed by atoms with Crippen molar-refractivity contribution in [2.24, 2.45) is 0 Å². The molecule has 0 spiro atoms. The van der Waals surface area contributed by atoms with Gasteiger partial charge < -0.3 is 12.9 Å². The van der Waals surface area contributed by atoms with Crippen LogP contribution in [-0.2, 0) is 26.3 Å². The van der Waals surface area contributed by atoms with Crippen LogP contribution in [0.4, 0.5) is 34.9 Å². The molecule has 1 atom stereocenters. The van der Waals surface area contributed by atoms with Crippen LogP contribution in [0.2, 0.25) is 0 Å². The topological polar surface area (TPSA) is 17.1 Å². The molecule has 0 saturated carbocycles. The van der Waals surface area contributed by atoms with Crippen molar-refractivity contribution in [1.29, 1.82) is 0 Å². The first kappa shape index (κ1) is 33.2. The summed E-state index contributed by atoms with van der Waals surface area (Å²) in [5.41, 5.74) is 1.70. The van der Waals surface area contributed by atoms with E-state index in [1.165, 1.54) is 11.1 Å². The van der Waals surface area contributed by atoms with Gasteiger partial charge in [-0.05, 0) is 53.2 Å². The van der Waals surface area contributed by atoms with Crippen LogP contribution in [0.1, 0.15) is 22.3 Å². The van der Waals surface area contributed by atoms with Crippen LogP contribution >= 0.6 is 0 Å². The normalized spacial score (nSPS) is 12.3.